The molecular formula is C30H40F3N3O. The summed E-state index contributed by atoms with van der Waals surface area (Å²) in [4.78, 5) is 20.5. The number of halogens is 3. The van der Waals surface area contributed by atoms with Crippen molar-refractivity contribution in [2.24, 2.45) is 0 Å². The van der Waals surface area contributed by atoms with Crippen LogP contribution in [0.15, 0.2) is 48.5 Å². The van der Waals surface area contributed by atoms with Gasteiger partial charge in [0.1, 0.15) is 6.04 Å². The van der Waals surface area contributed by atoms with Crippen molar-refractivity contribution in [3.05, 3.63) is 70.8 Å². The Morgan fingerprint density at radius 2 is 1.68 bits per heavy atom. The molecule has 2 aliphatic heterocycles. The predicted molar refractivity (Wildman–Crippen MR) is 141 cm³/mol. The van der Waals surface area contributed by atoms with E-state index in [1.165, 1.54) is 44.5 Å². The lowest BCUT2D eigenvalue weighted by atomic mass is 9.96. The van der Waals surface area contributed by atoms with Crippen LogP contribution in [0.3, 0.4) is 0 Å². The number of carbonyl (C=O) groups excluding carboxylic acids is 1. The molecule has 1 atom stereocenters. The molecule has 0 N–H and O–H groups in total. The Morgan fingerprint density at radius 1 is 1.00 bits per heavy atom. The number of alkyl halides is 3. The molecule has 37 heavy (non-hydrogen) atoms. The summed E-state index contributed by atoms with van der Waals surface area (Å²) >= 11 is 0. The molecule has 0 saturated carbocycles. The number of rotatable bonds is 8. The SMILES string of the molecule is Cc1cc(CCCN(C)C(=O)C(c2ccccc2)N2CCC(N3CCCCC3)CC2)cc(C(F)(F)F)c1. The molecule has 1 unspecified atom stereocenters. The van der Waals surface area contributed by atoms with Crippen molar-refractivity contribution < 1.29 is 18.0 Å². The van der Waals surface area contributed by atoms with E-state index >= 15 is 0 Å². The van der Waals surface area contributed by atoms with E-state index in [2.05, 4.69) is 9.80 Å². The molecule has 202 valence electrons. The molecule has 2 aliphatic rings. The monoisotopic (exact) mass is 515 g/mol. The average Bonchev–Trinajstić information content (AvgIpc) is 2.89. The van der Waals surface area contributed by atoms with Crippen molar-refractivity contribution in [3.63, 3.8) is 0 Å². The molecule has 0 aromatic heterocycles. The highest BCUT2D eigenvalue weighted by Gasteiger charge is 2.34. The Morgan fingerprint density at radius 3 is 2.32 bits per heavy atom. The van der Waals surface area contributed by atoms with E-state index in [4.69, 9.17) is 0 Å². The van der Waals surface area contributed by atoms with Gasteiger partial charge in [0.15, 0.2) is 0 Å². The number of nitrogens with zero attached hydrogens (tertiary/aromatic N) is 3. The molecule has 2 saturated heterocycles. The van der Waals surface area contributed by atoms with Crippen LogP contribution in [-0.4, -0.2) is 66.4 Å². The molecule has 4 rings (SSSR count). The summed E-state index contributed by atoms with van der Waals surface area (Å²) in [6.45, 7) is 6.36. The summed E-state index contributed by atoms with van der Waals surface area (Å²) in [6.07, 6.45) is 2.83. The zero-order chi connectivity index (χ0) is 26.4. The smallest absolute Gasteiger partial charge is 0.344 e. The van der Waals surface area contributed by atoms with Gasteiger partial charge in [-0.1, -0.05) is 48.4 Å². The van der Waals surface area contributed by atoms with Gasteiger partial charge < -0.3 is 9.80 Å². The second-order valence-electron chi connectivity index (χ2n) is 10.7. The van der Waals surface area contributed by atoms with Gasteiger partial charge in [-0.2, -0.15) is 13.2 Å². The van der Waals surface area contributed by atoms with Crippen LogP contribution in [0.1, 0.15) is 66.8 Å². The first kappa shape index (κ1) is 27.6. The van der Waals surface area contributed by atoms with E-state index in [1.54, 1.807) is 17.9 Å². The Bertz CT molecular complexity index is 1010. The molecule has 2 aromatic carbocycles. The molecule has 7 heteroatoms. The van der Waals surface area contributed by atoms with Crippen molar-refractivity contribution in [2.45, 2.75) is 70.1 Å². The van der Waals surface area contributed by atoms with Gasteiger partial charge >= 0.3 is 6.18 Å². The largest absolute Gasteiger partial charge is 0.416 e. The minimum atomic E-state index is -4.35. The summed E-state index contributed by atoms with van der Waals surface area (Å²) < 4.78 is 39.6. The van der Waals surface area contributed by atoms with Gasteiger partial charge in [0.25, 0.3) is 0 Å². The summed E-state index contributed by atoms with van der Waals surface area (Å²) in [5.74, 6) is 0.0582. The van der Waals surface area contributed by atoms with Gasteiger partial charge in [0, 0.05) is 32.7 Å². The first-order valence-electron chi connectivity index (χ1n) is 13.7. The average molecular weight is 516 g/mol. The fraction of sp³-hybridized carbons (Fsp3) is 0.567. The van der Waals surface area contributed by atoms with Crippen molar-refractivity contribution in [3.8, 4) is 0 Å². The highest BCUT2D eigenvalue weighted by molar-refractivity contribution is 5.83. The van der Waals surface area contributed by atoms with Crippen LogP contribution in [0.4, 0.5) is 13.2 Å². The fourth-order valence-electron chi connectivity index (χ4n) is 5.95. The van der Waals surface area contributed by atoms with Gasteiger partial charge in [-0.05, 0) is 81.8 Å². The fourth-order valence-corrected chi connectivity index (χ4v) is 5.95. The second kappa shape index (κ2) is 12.4. The van der Waals surface area contributed by atoms with Gasteiger partial charge in [-0.15, -0.1) is 0 Å². The van der Waals surface area contributed by atoms with Crippen LogP contribution < -0.4 is 0 Å². The van der Waals surface area contributed by atoms with E-state index in [1.807, 2.05) is 37.4 Å². The molecule has 2 heterocycles. The summed E-state index contributed by atoms with van der Waals surface area (Å²) in [5.41, 5.74) is 1.66. The number of amides is 1. The maximum Gasteiger partial charge on any atom is 0.416 e. The standard InChI is InChI=1S/C30H40F3N3O/c1-23-20-24(22-26(21-23)30(31,32)33)10-9-15-34(2)29(37)28(25-11-5-3-6-12-25)36-18-13-27(14-19-36)35-16-7-4-8-17-35/h3,5-6,11-12,20-22,27-28H,4,7-10,13-19H2,1-2H3. The third-order valence-corrected chi connectivity index (χ3v) is 7.92. The van der Waals surface area contributed by atoms with E-state index in [0.717, 1.165) is 31.5 Å². The van der Waals surface area contributed by atoms with Crippen LogP contribution in [0.5, 0.6) is 0 Å². The zero-order valence-electron chi connectivity index (χ0n) is 22.1. The van der Waals surface area contributed by atoms with Crippen molar-refractivity contribution >= 4 is 5.91 Å². The van der Waals surface area contributed by atoms with E-state index in [0.29, 0.717) is 36.6 Å². The highest BCUT2D eigenvalue weighted by atomic mass is 19.4. The normalized spacial score (nSPS) is 19.1. The van der Waals surface area contributed by atoms with Crippen LogP contribution in [0.25, 0.3) is 0 Å². The van der Waals surface area contributed by atoms with Gasteiger partial charge in [0.05, 0.1) is 5.56 Å². The summed E-state index contributed by atoms with van der Waals surface area (Å²) in [5, 5.41) is 0. The lowest BCUT2D eigenvalue weighted by Crippen LogP contribution is -2.50. The van der Waals surface area contributed by atoms with Crippen molar-refractivity contribution in [1.29, 1.82) is 0 Å². The molecule has 0 aliphatic carbocycles. The molecule has 0 bridgehead atoms. The van der Waals surface area contributed by atoms with Gasteiger partial charge in [0.2, 0.25) is 5.91 Å². The number of aryl methyl sites for hydroxylation is 2. The maximum atomic E-state index is 13.7. The van der Waals surface area contributed by atoms with E-state index in [-0.39, 0.29) is 11.9 Å². The number of hydrogen-bond acceptors (Lipinski definition) is 3. The predicted octanol–water partition coefficient (Wildman–Crippen LogP) is 6.10. The lowest BCUT2D eigenvalue weighted by Gasteiger charge is -2.43. The third-order valence-electron chi connectivity index (χ3n) is 7.92. The second-order valence-corrected chi connectivity index (χ2v) is 10.7. The third kappa shape index (κ3) is 7.35. The molecule has 0 spiro atoms. The first-order valence-corrected chi connectivity index (χ1v) is 13.7. The molecule has 0 radical (unpaired) electrons. The minimum Gasteiger partial charge on any atom is -0.344 e. The highest BCUT2D eigenvalue weighted by Crippen LogP contribution is 2.31. The van der Waals surface area contributed by atoms with Crippen LogP contribution >= 0.6 is 0 Å². The van der Waals surface area contributed by atoms with Crippen LogP contribution in [-0.2, 0) is 17.4 Å². The van der Waals surface area contributed by atoms with Crippen LogP contribution in [0.2, 0.25) is 0 Å². The molecule has 1 amide bonds. The quantitative estimate of drug-likeness (QED) is 0.425. The van der Waals surface area contributed by atoms with E-state index in [9.17, 15) is 18.0 Å². The molecule has 2 aromatic rings. The summed E-state index contributed by atoms with van der Waals surface area (Å²) in [6, 6.07) is 14.5. The molecular weight excluding hydrogens is 475 g/mol. The Hall–Kier alpha value is -2.38. The summed E-state index contributed by atoms with van der Waals surface area (Å²) in [7, 11) is 1.82. The van der Waals surface area contributed by atoms with Gasteiger partial charge in [-0.3, -0.25) is 9.69 Å². The van der Waals surface area contributed by atoms with Gasteiger partial charge in [-0.25, -0.2) is 0 Å². The number of hydrogen-bond donors (Lipinski definition) is 0. The molecule has 2 fully saturated rings. The first-order chi connectivity index (χ1) is 17.7. The number of piperidine rings is 2. The topological polar surface area (TPSA) is 26.8 Å². The molecule has 4 nitrogen and oxygen atoms in total. The number of likely N-dealkylation sites (N-methyl/N-ethyl adjacent to an activating group) is 1. The number of carbonyl (C=O) groups is 1. The zero-order valence-corrected chi connectivity index (χ0v) is 22.1. The van der Waals surface area contributed by atoms with Crippen LogP contribution in [0, 0.1) is 6.92 Å². The Kier molecular flexibility index (Phi) is 9.30. The number of likely N-dealkylation sites (tertiary alicyclic amines) is 2. The van der Waals surface area contributed by atoms with Crippen molar-refractivity contribution in [1.82, 2.24) is 14.7 Å². The lowest BCUT2D eigenvalue weighted by molar-refractivity contribution is -0.138. The van der Waals surface area contributed by atoms with Crippen molar-refractivity contribution in [2.75, 3.05) is 39.8 Å². The Labute approximate surface area is 219 Å². The minimum absolute atomic E-state index is 0.0582. The maximum absolute atomic E-state index is 13.7. The Balaban J connectivity index is 1.38. The number of benzene rings is 2. The van der Waals surface area contributed by atoms with E-state index < -0.39 is 11.7 Å².